The van der Waals surface area contributed by atoms with E-state index in [9.17, 15) is 9.59 Å². The monoisotopic (exact) mass is 651 g/mol. The van der Waals surface area contributed by atoms with Gasteiger partial charge < -0.3 is 20.7 Å². The number of allylic oxidation sites excluding steroid dienone is 8. The van der Waals surface area contributed by atoms with Gasteiger partial charge in [-0.1, -0.05) is 63.8 Å². The highest BCUT2D eigenvalue weighted by Crippen LogP contribution is 2.39. The third-order valence-electron chi connectivity index (χ3n) is 8.06. The SMILES string of the molecule is C=C\C(=C/C(OCC)=C(F)/C(=C1\C(N)=NC=C(F)N1C(=C)C1CCCN(C(=O)CC)C1)C(C)CC)C(=O)NC(/C=C\C=C/C)=C(C)C. The summed E-state index contributed by atoms with van der Waals surface area (Å²) in [7, 11) is 0. The van der Waals surface area contributed by atoms with Crippen LogP contribution in [0.25, 0.3) is 0 Å². The van der Waals surface area contributed by atoms with E-state index in [1.807, 2.05) is 39.8 Å². The Bertz CT molecular complexity index is 1460. The van der Waals surface area contributed by atoms with Crippen LogP contribution in [0.1, 0.15) is 74.1 Å². The van der Waals surface area contributed by atoms with Crippen LogP contribution in [0, 0.1) is 11.8 Å². The molecule has 2 heterocycles. The first-order valence-electron chi connectivity index (χ1n) is 16.2. The normalized spacial score (nSPS) is 19.5. The van der Waals surface area contributed by atoms with E-state index in [0.717, 1.165) is 18.2 Å². The van der Waals surface area contributed by atoms with Gasteiger partial charge in [0.05, 0.1) is 18.5 Å². The molecule has 10 heteroatoms. The summed E-state index contributed by atoms with van der Waals surface area (Å²) in [6, 6.07) is 0. The fourth-order valence-corrected chi connectivity index (χ4v) is 5.25. The van der Waals surface area contributed by atoms with Crippen LogP contribution >= 0.6 is 0 Å². The number of nitrogens with zero attached hydrogens (tertiary/aromatic N) is 3. The minimum Gasteiger partial charge on any atom is -0.491 e. The number of piperidine rings is 1. The zero-order valence-corrected chi connectivity index (χ0v) is 29.0. The largest absolute Gasteiger partial charge is 0.491 e. The highest BCUT2D eigenvalue weighted by Gasteiger charge is 2.36. The van der Waals surface area contributed by atoms with Crippen LogP contribution in [0.4, 0.5) is 8.78 Å². The fourth-order valence-electron chi connectivity index (χ4n) is 5.25. The maximum absolute atomic E-state index is 17.0. The first-order valence-corrected chi connectivity index (χ1v) is 16.2. The van der Waals surface area contributed by atoms with Gasteiger partial charge in [0.25, 0.3) is 5.91 Å². The number of nitrogens with one attached hydrogen (secondary N) is 1. The van der Waals surface area contributed by atoms with Crippen molar-refractivity contribution in [3.8, 4) is 0 Å². The number of hydrogen-bond donors (Lipinski definition) is 2. The van der Waals surface area contributed by atoms with Crippen molar-refractivity contribution in [2.24, 2.45) is 22.6 Å². The van der Waals surface area contributed by atoms with Crippen LogP contribution in [0.5, 0.6) is 0 Å². The van der Waals surface area contributed by atoms with Crippen molar-refractivity contribution >= 4 is 17.6 Å². The van der Waals surface area contributed by atoms with E-state index < -0.39 is 23.6 Å². The van der Waals surface area contributed by atoms with Gasteiger partial charge in [0, 0.05) is 48.0 Å². The van der Waals surface area contributed by atoms with E-state index >= 15 is 8.78 Å². The molecule has 0 aliphatic carbocycles. The summed E-state index contributed by atoms with van der Waals surface area (Å²) in [5.74, 6) is -3.23. The van der Waals surface area contributed by atoms with E-state index in [2.05, 4.69) is 23.5 Å². The van der Waals surface area contributed by atoms with Gasteiger partial charge in [0.15, 0.2) is 11.6 Å². The van der Waals surface area contributed by atoms with E-state index in [1.165, 1.54) is 17.1 Å². The zero-order valence-electron chi connectivity index (χ0n) is 29.0. The molecule has 1 fully saturated rings. The van der Waals surface area contributed by atoms with Crippen molar-refractivity contribution < 1.29 is 23.1 Å². The van der Waals surface area contributed by atoms with Crippen LogP contribution < -0.4 is 11.1 Å². The van der Waals surface area contributed by atoms with E-state index in [0.29, 0.717) is 43.7 Å². The maximum atomic E-state index is 17.0. The Morgan fingerprint density at radius 2 is 1.96 bits per heavy atom. The van der Waals surface area contributed by atoms with Crippen LogP contribution in [-0.2, 0) is 14.3 Å². The van der Waals surface area contributed by atoms with Crippen LogP contribution in [-0.4, -0.2) is 47.1 Å². The van der Waals surface area contributed by atoms with Gasteiger partial charge in [-0.15, -0.1) is 0 Å². The minimum atomic E-state index is -0.823. The van der Waals surface area contributed by atoms with Crippen LogP contribution in [0.2, 0.25) is 0 Å². The number of amidine groups is 1. The smallest absolute Gasteiger partial charge is 0.255 e. The Kier molecular flexibility index (Phi) is 15.3. The van der Waals surface area contributed by atoms with Gasteiger partial charge in [-0.2, -0.15) is 4.39 Å². The summed E-state index contributed by atoms with van der Waals surface area (Å²) >= 11 is 0. The lowest BCUT2D eigenvalue weighted by molar-refractivity contribution is -0.132. The van der Waals surface area contributed by atoms with Gasteiger partial charge in [-0.25, -0.2) is 9.38 Å². The molecule has 8 nitrogen and oxygen atoms in total. The van der Waals surface area contributed by atoms with Gasteiger partial charge in [0.2, 0.25) is 11.9 Å². The van der Waals surface area contributed by atoms with Crippen molar-refractivity contribution in [3.63, 3.8) is 0 Å². The molecule has 0 saturated carbocycles. The molecule has 256 valence electrons. The lowest BCUT2D eigenvalue weighted by atomic mass is 9.90. The number of carbonyl (C=O) groups excluding carboxylic acids is 2. The Balaban J connectivity index is 2.76. The number of likely N-dealkylation sites (tertiary alicyclic amines) is 1. The average Bonchev–Trinajstić information content (AvgIpc) is 3.06. The third kappa shape index (κ3) is 10.0. The molecule has 2 amide bonds. The Hall–Kier alpha value is -4.47. The van der Waals surface area contributed by atoms with Crippen LogP contribution in [0.15, 0.2) is 112 Å². The number of hydrogen-bond acceptors (Lipinski definition) is 6. The van der Waals surface area contributed by atoms with Gasteiger partial charge in [-0.05, 0) is 65.0 Å². The second kappa shape index (κ2) is 18.6. The number of ether oxygens (including phenoxy) is 1. The highest BCUT2D eigenvalue weighted by molar-refractivity contribution is 6.00. The summed E-state index contributed by atoms with van der Waals surface area (Å²) in [6.45, 7) is 21.8. The van der Waals surface area contributed by atoms with Gasteiger partial charge in [-0.3, -0.25) is 14.5 Å². The van der Waals surface area contributed by atoms with E-state index in [-0.39, 0.29) is 46.9 Å². The summed E-state index contributed by atoms with van der Waals surface area (Å²) in [6.07, 6.45) is 13.0. The van der Waals surface area contributed by atoms with Crippen molar-refractivity contribution in [2.45, 2.75) is 74.1 Å². The molecule has 3 N–H and O–H groups in total. The molecule has 0 aromatic carbocycles. The number of nitrogens with two attached hydrogens (primary N) is 1. The number of halogens is 2. The van der Waals surface area contributed by atoms with Crippen LogP contribution in [0.3, 0.4) is 0 Å². The molecule has 0 aromatic heterocycles. The summed E-state index contributed by atoms with van der Waals surface area (Å²) < 4.78 is 38.5. The molecular formula is C37H51F2N5O3. The van der Waals surface area contributed by atoms with Crippen molar-refractivity contribution in [1.29, 1.82) is 0 Å². The second-order valence-electron chi connectivity index (χ2n) is 11.6. The molecule has 2 unspecified atom stereocenters. The predicted molar refractivity (Wildman–Crippen MR) is 186 cm³/mol. The quantitative estimate of drug-likeness (QED) is 0.0866. The van der Waals surface area contributed by atoms with Crippen molar-refractivity contribution in [1.82, 2.24) is 15.1 Å². The third-order valence-corrected chi connectivity index (χ3v) is 8.06. The number of amides is 2. The van der Waals surface area contributed by atoms with Crippen molar-refractivity contribution in [2.75, 3.05) is 19.7 Å². The molecule has 0 spiro atoms. The summed E-state index contributed by atoms with van der Waals surface area (Å²) in [4.78, 5) is 32.9. The Morgan fingerprint density at radius 3 is 2.53 bits per heavy atom. The molecule has 2 atom stereocenters. The van der Waals surface area contributed by atoms with Crippen molar-refractivity contribution in [3.05, 3.63) is 107 Å². The standard InChI is InChI=1S/C37H51F2N5O3/c1-10-15-16-19-29(24(6)7)42-37(46)27(12-3)21-30(47-14-5)34(39)33(25(8)11-2)35-36(40)41-22-31(38)44(35)26(9)28-18-17-20-43(23-28)32(45)13-4/h10,12,15-16,19,21-22,25,28H,3,9,11,13-14,17-18,20,23H2,1-2,4-8H3,(H2,40,41)(H,42,46)/b15-10-,19-16-,27-21+,34-30+,35-33+. The molecule has 0 aromatic rings. The molecule has 2 aliphatic heterocycles. The maximum Gasteiger partial charge on any atom is 0.255 e. The number of carbonyl (C=O) groups is 2. The molecular weight excluding hydrogens is 600 g/mol. The fraction of sp³-hybridized carbons (Fsp3) is 0.432. The molecule has 0 radical (unpaired) electrons. The minimum absolute atomic E-state index is 0.00371. The topological polar surface area (TPSA) is 100 Å². The zero-order chi connectivity index (χ0) is 35.3. The first-order chi connectivity index (χ1) is 22.4. The molecule has 47 heavy (non-hydrogen) atoms. The van der Waals surface area contributed by atoms with E-state index in [4.69, 9.17) is 10.5 Å². The number of aliphatic imine (C=N–C) groups is 1. The first kappa shape index (κ1) is 38.7. The van der Waals surface area contributed by atoms with E-state index in [1.54, 1.807) is 37.8 Å². The Morgan fingerprint density at radius 1 is 1.26 bits per heavy atom. The van der Waals surface area contributed by atoms with Gasteiger partial charge in [0.1, 0.15) is 5.84 Å². The second-order valence-corrected chi connectivity index (χ2v) is 11.6. The van der Waals surface area contributed by atoms with Gasteiger partial charge >= 0.3 is 0 Å². The Labute approximate surface area is 279 Å². The highest BCUT2D eigenvalue weighted by atomic mass is 19.1. The summed E-state index contributed by atoms with van der Waals surface area (Å²) in [5.41, 5.74) is 8.30. The predicted octanol–water partition coefficient (Wildman–Crippen LogP) is 7.76. The molecule has 0 bridgehead atoms. The average molecular weight is 652 g/mol. The molecule has 2 rings (SSSR count). The lowest BCUT2D eigenvalue weighted by Crippen LogP contribution is -2.43. The molecule has 1 saturated heterocycles. The molecule has 2 aliphatic rings. The lowest BCUT2D eigenvalue weighted by Gasteiger charge is -2.39. The number of rotatable bonds is 14. The summed E-state index contributed by atoms with van der Waals surface area (Å²) in [5, 5.41) is 2.85.